The standard InChI is InChI=1S/C19H26F2/c1-3-4-14(2)17-10-7-15(8-11-17)5-6-16-9-12-18(20)19(21)13-16/h3,9,12-15,17H,1,4-8,10-11H2,2H3. The minimum atomic E-state index is -0.754. The third kappa shape index (κ3) is 4.66. The van der Waals surface area contributed by atoms with Gasteiger partial charge < -0.3 is 0 Å². The van der Waals surface area contributed by atoms with Crippen molar-refractivity contribution in [2.75, 3.05) is 0 Å². The van der Waals surface area contributed by atoms with Crippen molar-refractivity contribution in [3.63, 3.8) is 0 Å². The molecule has 0 amide bonds. The molecule has 1 aliphatic rings. The summed E-state index contributed by atoms with van der Waals surface area (Å²) >= 11 is 0. The van der Waals surface area contributed by atoms with Crippen LogP contribution in [0.5, 0.6) is 0 Å². The number of rotatable bonds is 6. The van der Waals surface area contributed by atoms with E-state index in [4.69, 9.17) is 0 Å². The van der Waals surface area contributed by atoms with Gasteiger partial charge in [-0.1, -0.05) is 31.9 Å². The van der Waals surface area contributed by atoms with Crippen LogP contribution >= 0.6 is 0 Å². The molecule has 1 aliphatic carbocycles. The van der Waals surface area contributed by atoms with E-state index < -0.39 is 11.6 Å². The molecule has 0 aliphatic heterocycles. The first-order valence-corrected chi connectivity index (χ1v) is 8.15. The van der Waals surface area contributed by atoms with Crippen LogP contribution in [-0.2, 0) is 6.42 Å². The quantitative estimate of drug-likeness (QED) is 0.571. The summed E-state index contributed by atoms with van der Waals surface area (Å²) in [6.45, 7) is 6.16. The Balaban J connectivity index is 1.76. The monoisotopic (exact) mass is 292 g/mol. The van der Waals surface area contributed by atoms with E-state index in [9.17, 15) is 8.78 Å². The van der Waals surface area contributed by atoms with Crippen LogP contribution < -0.4 is 0 Å². The highest BCUT2D eigenvalue weighted by atomic mass is 19.2. The first-order chi connectivity index (χ1) is 10.1. The maximum absolute atomic E-state index is 13.2. The molecule has 1 fully saturated rings. The zero-order chi connectivity index (χ0) is 15.2. The molecule has 0 N–H and O–H groups in total. The maximum Gasteiger partial charge on any atom is 0.159 e. The lowest BCUT2D eigenvalue weighted by molar-refractivity contribution is 0.208. The summed E-state index contributed by atoms with van der Waals surface area (Å²) in [6.07, 6.45) is 10.2. The van der Waals surface area contributed by atoms with E-state index in [-0.39, 0.29) is 0 Å². The van der Waals surface area contributed by atoms with Crippen molar-refractivity contribution in [3.8, 4) is 0 Å². The van der Waals surface area contributed by atoms with Crippen molar-refractivity contribution in [1.29, 1.82) is 0 Å². The highest BCUT2D eigenvalue weighted by molar-refractivity contribution is 5.17. The fourth-order valence-corrected chi connectivity index (χ4v) is 3.57. The smallest absolute Gasteiger partial charge is 0.159 e. The van der Waals surface area contributed by atoms with Crippen molar-refractivity contribution in [2.45, 2.75) is 51.9 Å². The van der Waals surface area contributed by atoms with Gasteiger partial charge >= 0.3 is 0 Å². The Morgan fingerprint density at radius 1 is 1.19 bits per heavy atom. The van der Waals surface area contributed by atoms with E-state index in [2.05, 4.69) is 13.5 Å². The number of aryl methyl sites for hydroxylation is 1. The van der Waals surface area contributed by atoms with E-state index in [1.54, 1.807) is 6.07 Å². The fraction of sp³-hybridized carbons (Fsp3) is 0.579. The van der Waals surface area contributed by atoms with Gasteiger partial charge in [0, 0.05) is 0 Å². The Hall–Kier alpha value is -1.18. The second kappa shape index (κ2) is 7.72. The zero-order valence-corrected chi connectivity index (χ0v) is 13.0. The van der Waals surface area contributed by atoms with Gasteiger partial charge in [-0.25, -0.2) is 8.78 Å². The molecule has 0 bridgehead atoms. The molecule has 0 saturated heterocycles. The molecule has 2 heteroatoms. The molecule has 1 atom stereocenters. The number of allylic oxidation sites excluding steroid dienone is 1. The van der Waals surface area contributed by atoms with Crippen LogP contribution in [0.25, 0.3) is 0 Å². The lowest BCUT2D eigenvalue weighted by Crippen LogP contribution is -2.20. The second-order valence-corrected chi connectivity index (χ2v) is 6.57. The normalized spacial score (nSPS) is 23.8. The minimum absolute atomic E-state index is 0.727. The fourth-order valence-electron chi connectivity index (χ4n) is 3.57. The highest BCUT2D eigenvalue weighted by Crippen LogP contribution is 2.36. The van der Waals surface area contributed by atoms with Gasteiger partial charge in [-0.3, -0.25) is 0 Å². The van der Waals surface area contributed by atoms with Crippen molar-refractivity contribution in [2.24, 2.45) is 17.8 Å². The summed E-state index contributed by atoms with van der Waals surface area (Å²) in [5, 5.41) is 0. The van der Waals surface area contributed by atoms with Crippen LogP contribution in [0, 0.1) is 29.4 Å². The molecule has 1 saturated carbocycles. The summed E-state index contributed by atoms with van der Waals surface area (Å²) in [4.78, 5) is 0. The summed E-state index contributed by atoms with van der Waals surface area (Å²) < 4.78 is 26.1. The Morgan fingerprint density at radius 2 is 1.90 bits per heavy atom. The van der Waals surface area contributed by atoms with Gasteiger partial charge in [0.05, 0.1) is 0 Å². The Kier molecular flexibility index (Phi) is 5.96. The molecule has 0 radical (unpaired) electrons. The van der Waals surface area contributed by atoms with Crippen molar-refractivity contribution in [1.82, 2.24) is 0 Å². The topological polar surface area (TPSA) is 0 Å². The molecule has 0 heterocycles. The Bertz CT molecular complexity index is 459. The lowest BCUT2D eigenvalue weighted by Gasteiger charge is -2.32. The molecule has 1 unspecified atom stereocenters. The summed E-state index contributed by atoms with van der Waals surface area (Å²) in [5.41, 5.74) is 0.913. The molecular weight excluding hydrogens is 266 g/mol. The van der Waals surface area contributed by atoms with E-state index in [0.717, 1.165) is 42.6 Å². The van der Waals surface area contributed by atoms with Gasteiger partial charge in [0.15, 0.2) is 11.6 Å². The molecule has 116 valence electrons. The Morgan fingerprint density at radius 3 is 2.52 bits per heavy atom. The third-order valence-corrected chi connectivity index (χ3v) is 5.06. The molecule has 1 aromatic rings. The molecule has 0 nitrogen and oxygen atoms in total. The van der Waals surface area contributed by atoms with E-state index in [1.807, 2.05) is 6.08 Å². The van der Waals surface area contributed by atoms with Crippen LogP contribution in [0.2, 0.25) is 0 Å². The maximum atomic E-state index is 13.2. The first kappa shape index (κ1) is 16.2. The zero-order valence-electron chi connectivity index (χ0n) is 13.0. The van der Waals surface area contributed by atoms with Crippen LogP contribution in [0.1, 0.15) is 51.0 Å². The first-order valence-electron chi connectivity index (χ1n) is 8.15. The molecule has 21 heavy (non-hydrogen) atoms. The van der Waals surface area contributed by atoms with Gasteiger partial charge in [0.1, 0.15) is 0 Å². The van der Waals surface area contributed by atoms with Crippen LogP contribution in [0.15, 0.2) is 30.9 Å². The SMILES string of the molecule is C=CCC(C)C1CCC(CCc2ccc(F)c(F)c2)CC1. The number of halogens is 2. The molecular formula is C19H26F2. The van der Waals surface area contributed by atoms with E-state index in [1.165, 1.54) is 37.8 Å². The molecule has 0 aromatic heterocycles. The minimum Gasteiger partial charge on any atom is -0.204 e. The number of benzene rings is 1. The van der Waals surface area contributed by atoms with Crippen molar-refractivity contribution in [3.05, 3.63) is 48.1 Å². The van der Waals surface area contributed by atoms with Crippen LogP contribution in [0.4, 0.5) is 8.78 Å². The van der Waals surface area contributed by atoms with Gasteiger partial charge in [0.2, 0.25) is 0 Å². The van der Waals surface area contributed by atoms with E-state index in [0.29, 0.717) is 0 Å². The van der Waals surface area contributed by atoms with Gasteiger partial charge in [-0.2, -0.15) is 0 Å². The van der Waals surface area contributed by atoms with Crippen LogP contribution in [-0.4, -0.2) is 0 Å². The third-order valence-electron chi connectivity index (χ3n) is 5.06. The lowest BCUT2D eigenvalue weighted by atomic mass is 9.74. The largest absolute Gasteiger partial charge is 0.204 e. The number of hydrogen-bond donors (Lipinski definition) is 0. The Labute approximate surface area is 127 Å². The predicted molar refractivity (Wildman–Crippen MR) is 84.1 cm³/mol. The van der Waals surface area contributed by atoms with E-state index >= 15 is 0 Å². The van der Waals surface area contributed by atoms with Gasteiger partial charge in [-0.05, 0) is 67.6 Å². The van der Waals surface area contributed by atoms with Crippen molar-refractivity contribution < 1.29 is 8.78 Å². The number of hydrogen-bond acceptors (Lipinski definition) is 0. The summed E-state index contributed by atoms with van der Waals surface area (Å²) in [6, 6.07) is 4.28. The summed E-state index contributed by atoms with van der Waals surface area (Å²) in [7, 11) is 0. The summed E-state index contributed by atoms with van der Waals surface area (Å²) in [5.74, 6) is 0.840. The van der Waals surface area contributed by atoms with Gasteiger partial charge in [0.25, 0.3) is 0 Å². The average molecular weight is 292 g/mol. The highest BCUT2D eigenvalue weighted by Gasteiger charge is 2.24. The average Bonchev–Trinajstić information content (AvgIpc) is 2.49. The molecule has 0 spiro atoms. The van der Waals surface area contributed by atoms with Crippen molar-refractivity contribution >= 4 is 0 Å². The second-order valence-electron chi connectivity index (χ2n) is 6.57. The molecule has 1 aromatic carbocycles. The predicted octanol–water partition coefficient (Wildman–Crippen LogP) is 5.92. The van der Waals surface area contributed by atoms with Crippen LogP contribution in [0.3, 0.4) is 0 Å². The van der Waals surface area contributed by atoms with Gasteiger partial charge in [-0.15, -0.1) is 6.58 Å². The molecule has 2 rings (SSSR count).